The Kier molecular flexibility index (Phi) is 4.39. The molecule has 0 radical (unpaired) electrons. The fourth-order valence-corrected chi connectivity index (χ4v) is 2.21. The lowest BCUT2D eigenvalue weighted by molar-refractivity contribution is -0.135. The predicted octanol–water partition coefficient (Wildman–Crippen LogP) is 1.36. The van der Waals surface area contributed by atoms with Crippen molar-refractivity contribution in [2.75, 3.05) is 30.4 Å². The van der Waals surface area contributed by atoms with Crippen LogP contribution < -0.4 is 15.5 Å². The molecular formula is C14H19N3O2. The van der Waals surface area contributed by atoms with E-state index in [1.807, 2.05) is 24.3 Å². The third-order valence-corrected chi connectivity index (χ3v) is 3.28. The van der Waals surface area contributed by atoms with Gasteiger partial charge in [0.25, 0.3) is 0 Å². The summed E-state index contributed by atoms with van der Waals surface area (Å²) >= 11 is 0. The molecule has 0 spiro atoms. The van der Waals surface area contributed by atoms with Crippen LogP contribution in [-0.4, -0.2) is 32.0 Å². The molecule has 0 saturated carbocycles. The summed E-state index contributed by atoms with van der Waals surface area (Å²) in [5.74, 6) is -1.28. The Morgan fingerprint density at radius 3 is 2.21 bits per heavy atom. The molecule has 102 valence electrons. The molecule has 0 bridgehead atoms. The summed E-state index contributed by atoms with van der Waals surface area (Å²) < 4.78 is 0. The van der Waals surface area contributed by atoms with Crippen LogP contribution in [0.1, 0.15) is 19.3 Å². The third-order valence-electron chi connectivity index (χ3n) is 3.28. The first-order chi connectivity index (χ1) is 9.20. The van der Waals surface area contributed by atoms with Crippen LogP contribution in [0.5, 0.6) is 0 Å². The standard InChI is InChI=1S/C14H19N3O2/c1-15-13(18)14(19)16-11-5-7-12(8-6-11)17-9-3-2-4-10-17/h5-8H,2-4,9-10H2,1H3,(H,15,18)(H,16,19). The summed E-state index contributed by atoms with van der Waals surface area (Å²) in [4.78, 5) is 24.8. The molecule has 0 aliphatic carbocycles. The fraction of sp³-hybridized carbons (Fsp3) is 0.429. The van der Waals surface area contributed by atoms with Crippen LogP contribution in [0.2, 0.25) is 0 Å². The van der Waals surface area contributed by atoms with Gasteiger partial charge in [-0.3, -0.25) is 9.59 Å². The fourth-order valence-electron chi connectivity index (χ4n) is 2.21. The van der Waals surface area contributed by atoms with Gasteiger partial charge in [-0.15, -0.1) is 0 Å². The number of nitrogens with zero attached hydrogens (tertiary/aromatic N) is 1. The van der Waals surface area contributed by atoms with Crippen LogP contribution in [0.25, 0.3) is 0 Å². The topological polar surface area (TPSA) is 61.4 Å². The number of piperidine rings is 1. The predicted molar refractivity (Wildman–Crippen MR) is 75.2 cm³/mol. The highest BCUT2D eigenvalue weighted by Gasteiger charge is 2.13. The molecule has 1 fully saturated rings. The van der Waals surface area contributed by atoms with Gasteiger partial charge >= 0.3 is 11.8 Å². The second kappa shape index (κ2) is 6.22. The van der Waals surface area contributed by atoms with Gasteiger partial charge in [0.1, 0.15) is 0 Å². The minimum absolute atomic E-state index is 0.634. The van der Waals surface area contributed by atoms with Crippen molar-refractivity contribution in [1.29, 1.82) is 0 Å². The molecule has 2 rings (SSSR count). The van der Waals surface area contributed by atoms with Crippen LogP contribution in [0.15, 0.2) is 24.3 Å². The smallest absolute Gasteiger partial charge is 0.313 e. The van der Waals surface area contributed by atoms with E-state index in [9.17, 15) is 9.59 Å². The lowest BCUT2D eigenvalue weighted by atomic mass is 10.1. The van der Waals surface area contributed by atoms with E-state index in [-0.39, 0.29) is 0 Å². The van der Waals surface area contributed by atoms with Crippen molar-refractivity contribution < 1.29 is 9.59 Å². The molecule has 2 amide bonds. The summed E-state index contributed by atoms with van der Waals surface area (Å²) in [7, 11) is 1.43. The maximum absolute atomic E-state index is 11.4. The lowest BCUT2D eigenvalue weighted by Gasteiger charge is -2.28. The van der Waals surface area contributed by atoms with Crippen LogP contribution in [-0.2, 0) is 9.59 Å². The van der Waals surface area contributed by atoms with E-state index >= 15 is 0 Å². The van der Waals surface area contributed by atoms with Crippen LogP contribution >= 0.6 is 0 Å². The Morgan fingerprint density at radius 2 is 1.63 bits per heavy atom. The minimum Gasteiger partial charge on any atom is -0.372 e. The Labute approximate surface area is 113 Å². The van der Waals surface area contributed by atoms with E-state index in [2.05, 4.69) is 15.5 Å². The number of amides is 2. The molecule has 2 N–H and O–H groups in total. The molecule has 1 aliphatic rings. The van der Waals surface area contributed by atoms with Gasteiger partial charge in [-0.2, -0.15) is 0 Å². The van der Waals surface area contributed by atoms with Crippen LogP contribution in [0.3, 0.4) is 0 Å². The van der Waals surface area contributed by atoms with E-state index in [0.717, 1.165) is 18.8 Å². The second-order valence-electron chi connectivity index (χ2n) is 4.63. The monoisotopic (exact) mass is 261 g/mol. The third kappa shape index (κ3) is 3.47. The number of nitrogens with one attached hydrogen (secondary N) is 2. The van der Waals surface area contributed by atoms with Gasteiger partial charge in [-0.25, -0.2) is 0 Å². The van der Waals surface area contributed by atoms with Gasteiger partial charge in [0.15, 0.2) is 0 Å². The van der Waals surface area contributed by atoms with Crippen LogP contribution in [0, 0.1) is 0 Å². The van der Waals surface area contributed by atoms with Crippen molar-refractivity contribution in [1.82, 2.24) is 5.32 Å². The van der Waals surface area contributed by atoms with Crippen molar-refractivity contribution in [3.8, 4) is 0 Å². The van der Waals surface area contributed by atoms with Crippen molar-refractivity contribution in [3.63, 3.8) is 0 Å². The highest BCUT2D eigenvalue weighted by Crippen LogP contribution is 2.21. The zero-order valence-corrected chi connectivity index (χ0v) is 11.1. The van der Waals surface area contributed by atoms with E-state index in [0.29, 0.717) is 5.69 Å². The van der Waals surface area contributed by atoms with Crippen LogP contribution in [0.4, 0.5) is 11.4 Å². The van der Waals surface area contributed by atoms with E-state index in [1.165, 1.54) is 26.3 Å². The lowest BCUT2D eigenvalue weighted by Crippen LogP contribution is -2.32. The zero-order chi connectivity index (χ0) is 13.7. The van der Waals surface area contributed by atoms with Gasteiger partial charge in [-0.05, 0) is 43.5 Å². The molecular weight excluding hydrogens is 242 g/mol. The zero-order valence-electron chi connectivity index (χ0n) is 11.1. The number of hydrogen-bond acceptors (Lipinski definition) is 3. The first kappa shape index (κ1) is 13.4. The highest BCUT2D eigenvalue weighted by atomic mass is 16.2. The molecule has 0 unspecified atom stereocenters. The maximum Gasteiger partial charge on any atom is 0.313 e. The first-order valence-electron chi connectivity index (χ1n) is 6.59. The molecule has 1 aromatic carbocycles. The molecule has 1 aliphatic heterocycles. The number of likely N-dealkylation sites (N-methyl/N-ethyl adjacent to an activating group) is 1. The number of hydrogen-bond donors (Lipinski definition) is 2. The Balaban J connectivity index is 1.98. The van der Waals surface area contributed by atoms with Gasteiger partial charge < -0.3 is 15.5 Å². The summed E-state index contributed by atoms with van der Waals surface area (Å²) in [6, 6.07) is 7.60. The van der Waals surface area contributed by atoms with Gasteiger partial charge in [0.05, 0.1) is 0 Å². The van der Waals surface area contributed by atoms with E-state index < -0.39 is 11.8 Å². The Hall–Kier alpha value is -2.04. The number of anilines is 2. The Bertz CT molecular complexity index is 450. The van der Waals surface area contributed by atoms with Crippen molar-refractivity contribution in [3.05, 3.63) is 24.3 Å². The molecule has 5 nitrogen and oxygen atoms in total. The molecule has 0 aromatic heterocycles. The largest absolute Gasteiger partial charge is 0.372 e. The van der Waals surface area contributed by atoms with Crippen molar-refractivity contribution >= 4 is 23.2 Å². The molecule has 19 heavy (non-hydrogen) atoms. The first-order valence-corrected chi connectivity index (χ1v) is 6.59. The molecule has 1 aromatic rings. The normalized spacial score (nSPS) is 14.9. The van der Waals surface area contributed by atoms with Crippen molar-refractivity contribution in [2.24, 2.45) is 0 Å². The summed E-state index contributed by atoms with van der Waals surface area (Å²) in [6.07, 6.45) is 3.76. The number of carbonyl (C=O) groups is 2. The summed E-state index contributed by atoms with van der Waals surface area (Å²) in [5.41, 5.74) is 1.80. The SMILES string of the molecule is CNC(=O)C(=O)Nc1ccc(N2CCCCC2)cc1. The highest BCUT2D eigenvalue weighted by molar-refractivity contribution is 6.39. The molecule has 1 saturated heterocycles. The number of benzene rings is 1. The molecule has 0 atom stereocenters. The van der Waals surface area contributed by atoms with Gasteiger partial charge in [0, 0.05) is 31.5 Å². The summed E-state index contributed by atoms with van der Waals surface area (Å²) in [5, 5.41) is 4.84. The molecule has 1 heterocycles. The average molecular weight is 261 g/mol. The minimum atomic E-state index is -0.645. The quantitative estimate of drug-likeness (QED) is 0.790. The molecule has 5 heteroatoms. The Morgan fingerprint density at radius 1 is 1.00 bits per heavy atom. The maximum atomic E-state index is 11.4. The summed E-state index contributed by atoms with van der Waals surface area (Å²) in [6.45, 7) is 2.17. The number of rotatable bonds is 2. The average Bonchev–Trinajstić information content (AvgIpc) is 2.48. The van der Waals surface area contributed by atoms with Gasteiger partial charge in [-0.1, -0.05) is 0 Å². The second-order valence-corrected chi connectivity index (χ2v) is 4.63. The van der Waals surface area contributed by atoms with Gasteiger partial charge in [0.2, 0.25) is 0 Å². The van der Waals surface area contributed by atoms with E-state index in [4.69, 9.17) is 0 Å². The van der Waals surface area contributed by atoms with Crippen molar-refractivity contribution in [2.45, 2.75) is 19.3 Å². The number of carbonyl (C=O) groups excluding carboxylic acids is 2. The van der Waals surface area contributed by atoms with E-state index in [1.54, 1.807) is 0 Å².